The predicted molar refractivity (Wildman–Crippen MR) is 98.4 cm³/mol. The van der Waals surface area contributed by atoms with E-state index in [-0.39, 0.29) is 23.1 Å². The zero-order valence-corrected chi connectivity index (χ0v) is 15.7. The van der Waals surface area contributed by atoms with Crippen molar-refractivity contribution in [1.82, 2.24) is 4.98 Å². The minimum Gasteiger partial charge on any atom is -0.463 e. The Morgan fingerprint density at radius 3 is 2.50 bits per heavy atom. The first-order valence-corrected chi connectivity index (χ1v) is 8.36. The van der Waals surface area contributed by atoms with Crippen LogP contribution in [-0.2, 0) is 9.53 Å². The van der Waals surface area contributed by atoms with E-state index in [1.165, 1.54) is 13.0 Å². The molecule has 0 fully saturated rings. The van der Waals surface area contributed by atoms with E-state index in [1.807, 2.05) is 0 Å². The molecule has 2 rings (SSSR count). The summed E-state index contributed by atoms with van der Waals surface area (Å²) >= 11 is 11.1. The van der Waals surface area contributed by atoms with Crippen LogP contribution in [-0.4, -0.2) is 23.3 Å². The molecular weight excluding hydrogens is 422 g/mol. The van der Waals surface area contributed by atoms with Crippen LogP contribution >= 0.6 is 23.2 Å². The second-order valence-corrected chi connectivity index (χ2v) is 5.92. The van der Waals surface area contributed by atoms with Gasteiger partial charge in [0.15, 0.2) is 28.4 Å². The Hall–Kier alpha value is -2.78. The van der Waals surface area contributed by atoms with Crippen LogP contribution in [0.15, 0.2) is 24.4 Å². The molecule has 11 heteroatoms. The van der Waals surface area contributed by atoms with Crippen LogP contribution in [0.4, 0.5) is 30.2 Å². The third-order valence-corrected chi connectivity index (χ3v) is 3.95. The number of ether oxygens (including phenoxy) is 1. The van der Waals surface area contributed by atoms with Crippen LogP contribution in [0.25, 0.3) is 0 Å². The Balaban J connectivity index is 2.55. The molecule has 0 aliphatic rings. The van der Waals surface area contributed by atoms with Crippen LogP contribution in [0.3, 0.4) is 0 Å². The van der Waals surface area contributed by atoms with E-state index in [4.69, 9.17) is 28.9 Å². The van der Waals surface area contributed by atoms with Crippen molar-refractivity contribution >= 4 is 52.0 Å². The standard InChI is InChI=1S/C17H12Cl2F3N3O3/c1-2-28-10(27)4-3-9(26)11-13(20)12(18)14(21)15(22)16(11)25-7-5-8(23)17(19)24-6-7/h3-6,25H,2,23H2,1H3/b4-3+. The Morgan fingerprint density at radius 1 is 1.21 bits per heavy atom. The number of carbonyl (C=O) groups excluding carboxylic acids is 2. The number of nitrogens with two attached hydrogens (primary N) is 1. The summed E-state index contributed by atoms with van der Waals surface area (Å²) in [5.74, 6) is -6.88. The number of hydrogen-bond acceptors (Lipinski definition) is 6. The molecule has 1 aromatic carbocycles. The van der Waals surface area contributed by atoms with Crippen LogP contribution in [0.2, 0.25) is 10.2 Å². The first-order chi connectivity index (χ1) is 13.2. The molecule has 0 aliphatic carbocycles. The van der Waals surface area contributed by atoms with Crippen LogP contribution < -0.4 is 11.1 Å². The third-order valence-electron chi connectivity index (χ3n) is 3.31. The van der Waals surface area contributed by atoms with Gasteiger partial charge in [0, 0.05) is 6.08 Å². The number of halogens is 5. The van der Waals surface area contributed by atoms with E-state index in [1.54, 1.807) is 0 Å². The molecule has 0 saturated carbocycles. The number of carbonyl (C=O) groups is 2. The second kappa shape index (κ2) is 8.94. The largest absolute Gasteiger partial charge is 0.463 e. The minimum atomic E-state index is -1.71. The van der Waals surface area contributed by atoms with E-state index in [0.29, 0.717) is 12.2 Å². The Labute approximate surface area is 167 Å². The maximum Gasteiger partial charge on any atom is 0.330 e. The summed E-state index contributed by atoms with van der Waals surface area (Å²) in [5.41, 5.74) is 3.77. The van der Waals surface area contributed by atoms with Gasteiger partial charge in [0.25, 0.3) is 0 Å². The highest BCUT2D eigenvalue weighted by atomic mass is 35.5. The van der Waals surface area contributed by atoms with E-state index >= 15 is 0 Å². The predicted octanol–water partition coefficient (Wildman–Crippen LogP) is 4.43. The van der Waals surface area contributed by atoms with Crippen molar-refractivity contribution in [3.63, 3.8) is 0 Å². The average Bonchev–Trinajstić information content (AvgIpc) is 2.65. The molecule has 1 heterocycles. The summed E-state index contributed by atoms with van der Waals surface area (Å²) in [6, 6.07) is 1.21. The number of nitrogen functional groups attached to an aromatic ring is 1. The highest BCUT2D eigenvalue weighted by Gasteiger charge is 2.27. The Morgan fingerprint density at radius 2 is 1.89 bits per heavy atom. The number of ketones is 1. The zero-order chi connectivity index (χ0) is 21.0. The van der Waals surface area contributed by atoms with Gasteiger partial charge < -0.3 is 15.8 Å². The van der Waals surface area contributed by atoms with Gasteiger partial charge in [0.05, 0.1) is 35.4 Å². The maximum absolute atomic E-state index is 14.5. The number of pyridine rings is 1. The van der Waals surface area contributed by atoms with Gasteiger partial charge in [-0.25, -0.2) is 22.9 Å². The Bertz CT molecular complexity index is 984. The van der Waals surface area contributed by atoms with Crippen LogP contribution in [0, 0.1) is 17.5 Å². The zero-order valence-electron chi connectivity index (χ0n) is 14.2. The molecule has 3 N–H and O–H groups in total. The average molecular weight is 434 g/mol. The van der Waals surface area contributed by atoms with Gasteiger partial charge in [0.2, 0.25) is 0 Å². The lowest BCUT2D eigenvalue weighted by molar-refractivity contribution is -0.137. The van der Waals surface area contributed by atoms with Crippen molar-refractivity contribution in [2.45, 2.75) is 6.92 Å². The fraction of sp³-hybridized carbons (Fsp3) is 0.118. The molecular formula is C17H12Cl2F3N3O3. The van der Waals surface area contributed by atoms with E-state index < -0.39 is 45.5 Å². The lowest BCUT2D eigenvalue weighted by Gasteiger charge is -2.14. The summed E-state index contributed by atoms with van der Waals surface area (Å²) in [6.07, 6.45) is 2.46. The molecule has 0 unspecified atom stereocenters. The number of nitrogens with zero attached hydrogens (tertiary/aromatic N) is 1. The topological polar surface area (TPSA) is 94.3 Å². The van der Waals surface area contributed by atoms with Gasteiger partial charge in [-0.1, -0.05) is 23.2 Å². The molecule has 0 aliphatic heterocycles. The van der Waals surface area contributed by atoms with Gasteiger partial charge in [-0.2, -0.15) is 0 Å². The minimum absolute atomic E-state index is 0.00272. The highest BCUT2D eigenvalue weighted by Crippen LogP contribution is 2.35. The third kappa shape index (κ3) is 4.55. The highest BCUT2D eigenvalue weighted by molar-refractivity contribution is 6.32. The van der Waals surface area contributed by atoms with Crippen molar-refractivity contribution in [2.24, 2.45) is 0 Å². The quantitative estimate of drug-likeness (QED) is 0.175. The van der Waals surface area contributed by atoms with Crippen molar-refractivity contribution in [3.05, 3.63) is 57.6 Å². The number of rotatable bonds is 6. The van der Waals surface area contributed by atoms with Gasteiger partial charge in [-0.3, -0.25) is 4.79 Å². The smallest absolute Gasteiger partial charge is 0.330 e. The normalized spacial score (nSPS) is 10.9. The van der Waals surface area contributed by atoms with Crippen molar-refractivity contribution in [1.29, 1.82) is 0 Å². The second-order valence-electron chi connectivity index (χ2n) is 5.18. The number of benzene rings is 1. The summed E-state index contributed by atoms with van der Waals surface area (Å²) < 4.78 is 47.4. The van der Waals surface area contributed by atoms with Gasteiger partial charge in [-0.15, -0.1) is 0 Å². The Kier molecular flexibility index (Phi) is 6.87. The monoisotopic (exact) mass is 433 g/mol. The summed E-state index contributed by atoms with van der Waals surface area (Å²) in [4.78, 5) is 27.4. The number of aromatic nitrogens is 1. The molecule has 6 nitrogen and oxygen atoms in total. The number of hydrogen-bond donors (Lipinski definition) is 2. The molecule has 0 saturated heterocycles. The van der Waals surface area contributed by atoms with Crippen LogP contribution in [0.5, 0.6) is 0 Å². The molecule has 148 valence electrons. The molecule has 0 radical (unpaired) electrons. The summed E-state index contributed by atoms with van der Waals surface area (Å²) in [5, 5.41) is 1.06. The van der Waals surface area contributed by atoms with Gasteiger partial charge in [-0.05, 0) is 19.1 Å². The first kappa shape index (κ1) is 21.5. The van der Waals surface area contributed by atoms with Crippen molar-refractivity contribution in [3.8, 4) is 0 Å². The molecule has 0 atom stereocenters. The van der Waals surface area contributed by atoms with E-state index in [0.717, 1.165) is 6.20 Å². The number of anilines is 3. The van der Waals surface area contributed by atoms with E-state index in [9.17, 15) is 22.8 Å². The van der Waals surface area contributed by atoms with E-state index in [2.05, 4.69) is 15.0 Å². The lowest BCUT2D eigenvalue weighted by atomic mass is 10.1. The maximum atomic E-state index is 14.5. The molecule has 28 heavy (non-hydrogen) atoms. The first-order valence-electron chi connectivity index (χ1n) is 7.60. The molecule has 2 aromatic rings. The van der Waals surface area contributed by atoms with Gasteiger partial charge >= 0.3 is 5.97 Å². The van der Waals surface area contributed by atoms with Crippen molar-refractivity contribution < 1.29 is 27.5 Å². The number of esters is 1. The summed E-state index contributed by atoms with van der Waals surface area (Å²) in [6.45, 7) is 1.58. The fourth-order valence-electron chi connectivity index (χ4n) is 2.08. The van der Waals surface area contributed by atoms with Gasteiger partial charge in [0.1, 0.15) is 5.02 Å². The molecule has 0 amide bonds. The summed E-state index contributed by atoms with van der Waals surface area (Å²) in [7, 11) is 0. The lowest BCUT2D eigenvalue weighted by Crippen LogP contribution is -2.11. The molecule has 0 bridgehead atoms. The van der Waals surface area contributed by atoms with Crippen LogP contribution in [0.1, 0.15) is 17.3 Å². The van der Waals surface area contributed by atoms with Crippen molar-refractivity contribution in [2.75, 3.05) is 17.7 Å². The SMILES string of the molecule is CCOC(=O)/C=C/C(=O)c1c(F)c(Cl)c(F)c(F)c1Nc1cnc(Cl)c(N)c1. The molecule has 0 spiro atoms. The fourth-order valence-corrected chi connectivity index (χ4v) is 2.36. The number of allylic oxidation sites excluding steroid dienone is 1. The molecule has 1 aromatic heterocycles. The number of nitrogens with one attached hydrogen (secondary N) is 1.